The van der Waals surface area contributed by atoms with Crippen LogP contribution in [0, 0.1) is 5.92 Å². The van der Waals surface area contributed by atoms with Crippen molar-refractivity contribution in [2.75, 3.05) is 6.61 Å². The molecule has 1 atom stereocenters. The zero-order valence-electron chi connectivity index (χ0n) is 9.45. The van der Waals surface area contributed by atoms with E-state index in [1.165, 1.54) is 0 Å². The Morgan fingerprint density at radius 3 is 2.43 bits per heavy atom. The van der Waals surface area contributed by atoms with Crippen molar-refractivity contribution in [3.63, 3.8) is 0 Å². The monoisotopic (exact) mass is 202 g/mol. The van der Waals surface area contributed by atoms with Gasteiger partial charge in [0, 0.05) is 6.61 Å². The molecule has 0 aliphatic carbocycles. The molecule has 0 fully saturated rings. The molecule has 0 bridgehead atoms. The second-order valence-corrected chi connectivity index (χ2v) is 4.03. The van der Waals surface area contributed by atoms with E-state index in [1.807, 2.05) is 13.8 Å². The number of aliphatic carboxylic acids is 1. The number of carboxylic acid groups (broad SMARTS) is 1. The average molecular weight is 202 g/mol. The third kappa shape index (κ3) is 6.89. The molecule has 0 aliphatic heterocycles. The van der Waals surface area contributed by atoms with E-state index < -0.39 is 12.1 Å². The van der Waals surface area contributed by atoms with Crippen molar-refractivity contribution < 1.29 is 14.6 Å². The van der Waals surface area contributed by atoms with Crippen molar-refractivity contribution in [1.29, 1.82) is 0 Å². The Labute approximate surface area is 86.5 Å². The van der Waals surface area contributed by atoms with Gasteiger partial charge in [-0.15, -0.1) is 0 Å². The largest absolute Gasteiger partial charge is 0.479 e. The maximum Gasteiger partial charge on any atom is 0.332 e. The first-order chi connectivity index (χ1) is 6.57. The maximum absolute atomic E-state index is 10.8. The molecule has 0 saturated carbocycles. The van der Waals surface area contributed by atoms with E-state index in [-0.39, 0.29) is 0 Å². The van der Waals surface area contributed by atoms with Crippen LogP contribution in [0.3, 0.4) is 0 Å². The first-order valence-corrected chi connectivity index (χ1v) is 5.42. The molecule has 0 rings (SSSR count). The van der Waals surface area contributed by atoms with E-state index in [1.54, 1.807) is 0 Å². The van der Waals surface area contributed by atoms with E-state index in [0.29, 0.717) is 18.9 Å². The number of hydrogen-bond acceptors (Lipinski definition) is 2. The van der Waals surface area contributed by atoms with Crippen LogP contribution >= 0.6 is 0 Å². The van der Waals surface area contributed by atoms with Crippen LogP contribution in [0.2, 0.25) is 0 Å². The Morgan fingerprint density at radius 2 is 2.00 bits per heavy atom. The lowest BCUT2D eigenvalue weighted by molar-refractivity contribution is -0.151. The molecule has 0 spiro atoms. The molecule has 0 aromatic rings. The van der Waals surface area contributed by atoms with Crippen LogP contribution in [0.25, 0.3) is 0 Å². The molecule has 0 aliphatic rings. The number of unbranched alkanes of at least 4 members (excludes halogenated alkanes) is 2. The Hall–Kier alpha value is -0.570. The van der Waals surface area contributed by atoms with Crippen LogP contribution in [0.1, 0.15) is 46.5 Å². The van der Waals surface area contributed by atoms with Crippen LogP contribution in [0.5, 0.6) is 0 Å². The first-order valence-electron chi connectivity index (χ1n) is 5.42. The first kappa shape index (κ1) is 13.4. The summed E-state index contributed by atoms with van der Waals surface area (Å²) in [6.45, 7) is 6.69. The average Bonchev–Trinajstić information content (AvgIpc) is 2.09. The minimum atomic E-state index is -0.838. The second kappa shape index (κ2) is 7.80. The SMILES string of the molecule is CCCCCOC(CC(C)C)C(=O)O. The standard InChI is InChI=1S/C11H22O3/c1-4-5-6-7-14-10(11(12)13)8-9(2)3/h9-10H,4-8H2,1-3H3,(H,12,13). The van der Waals surface area contributed by atoms with Gasteiger partial charge in [-0.25, -0.2) is 4.79 Å². The van der Waals surface area contributed by atoms with Crippen molar-refractivity contribution in [3.05, 3.63) is 0 Å². The number of rotatable bonds is 8. The molecule has 3 heteroatoms. The van der Waals surface area contributed by atoms with Crippen LogP contribution in [0.15, 0.2) is 0 Å². The molecule has 0 aromatic carbocycles. The molecule has 1 unspecified atom stereocenters. The van der Waals surface area contributed by atoms with E-state index in [9.17, 15) is 4.79 Å². The van der Waals surface area contributed by atoms with Crippen molar-refractivity contribution in [1.82, 2.24) is 0 Å². The summed E-state index contributed by atoms with van der Waals surface area (Å²) in [6, 6.07) is 0. The van der Waals surface area contributed by atoms with Crippen LogP contribution < -0.4 is 0 Å². The quantitative estimate of drug-likeness (QED) is 0.615. The highest BCUT2D eigenvalue weighted by atomic mass is 16.5. The predicted octanol–water partition coefficient (Wildman–Crippen LogP) is 2.69. The maximum atomic E-state index is 10.8. The summed E-state index contributed by atoms with van der Waals surface area (Å²) < 4.78 is 5.32. The van der Waals surface area contributed by atoms with Gasteiger partial charge in [-0.3, -0.25) is 0 Å². The van der Waals surface area contributed by atoms with E-state index >= 15 is 0 Å². The molecular weight excluding hydrogens is 180 g/mol. The van der Waals surface area contributed by atoms with Crippen molar-refractivity contribution in [2.24, 2.45) is 5.92 Å². The fraction of sp³-hybridized carbons (Fsp3) is 0.909. The summed E-state index contributed by atoms with van der Waals surface area (Å²) in [6.07, 6.45) is 3.17. The molecule has 3 nitrogen and oxygen atoms in total. The third-order valence-electron chi connectivity index (χ3n) is 2.03. The Kier molecular flexibility index (Phi) is 7.48. The van der Waals surface area contributed by atoms with Gasteiger partial charge >= 0.3 is 5.97 Å². The minimum absolute atomic E-state index is 0.363. The molecule has 0 radical (unpaired) electrons. The van der Waals surface area contributed by atoms with E-state index in [4.69, 9.17) is 9.84 Å². The molecule has 84 valence electrons. The lowest BCUT2D eigenvalue weighted by atomic mass is 10.1. The number of ether oxygens (including phenoxy) is 1. The normalized spacial score (nSPS) is 13.1. The number of hydrogen-bond donors (Lipinski definition) is 1. The summed E-state index contributed by atoms with van der Waals surface area (Å²) in [5.74, 6) is -0.475. The van der Waals surface area contributed by atoms with Gasteiger partial charge in [0.25, 0.3) is 0 Å². The van der Waals surface area contributed by atoms with Gasteiger partial charge in [-0.05, 0) is 18.8 Å². The van der Waals surface area contributed by atoms with Crippen molar-refractivity contribution in [3.8, 4) is 0 Å². The van der Waals surface area contributed by atoms with Gasteiger partial charge in [0.05, 0.1) is 0 Å². The Morgan fingerprint density at radius 1 is 1.36 bits per heavy atom. The highest BCUT2D eigenvalue weighted by molar-refractivity contribution is 5.72. The van der Waals surface area contributed by atoms with Crippen molar-refractivity contribution >= 4 is 5.97 Å². The zero-order valence-corrected chi connectivity index (χ0v) is 9.45. The van der Waals surface area contributed by atoms with Crippen LogP contribution in [-0.2, 0) is 9.53 Å². The highest BCUT2D eigenvalue weighted by Gasteiger charge is 2.18. The molecule has 0 heterocycles. The van der Waals surface area contributed by atoms with E-state index in [2.05, 4.69) is 6.92 Å². The summed E-state index contributed by atoms with van der Waals surface area (Å²) in [5.41, 5.74) is 0. The highest BCUT2D eigenvalue weighted by Crippen LogP contribution is 2.09. The van der Waals surface area contributed by atoms with Gasteiger partial charge in [0.2, 0.25) is 0 Å². The minimum Gasteiger partial charge on any atom is -0.479 e. The van der Waals surface area contributed by atoms with Crippen molar-refractivity contribution in [2.45, 2.75) is 52.6 Å². The van der Waals surface area contributed by atoms with Gasteiger partial charge < -0.3 is 9.84 Å². The number of carboxylic acids is 1. The molecular formula is C11H22O3. The summed E-state index contributed by atoms with van der Waals surface area (Å²) >= 11 is 0. The summed E-state index contributed by atoms with van der Waals surface area (Å²) in [5, 5.41) is 8.85. The lowest BCUT2D eigenvalue weighted by Crippen LogP contribution is -2.26. The summed E-state index contributed by atoms with van der Waals surface area (Å²) in [4.78, 5) is 10.8. The van der Waals surface area contributed by atoms with Gasteiger partial charge in [-0.2, -0.15) is 0 Å². The predicted molar refractivity (Wildman–Crippen MR) is 56.4 cm³/mol. The number of carbonyl (C=O) groups is 1. The zero-order chi connectivity index (χ0) is 11.0. The topological polar surface area (TPSA) is 46.5 Å². The Balaban J connectivity index is 3.68. The smallest absolute Gasteiger partial charge is 0.332 e. The Bertz CT molecular complexity index is 155. The van der Waals surface area contributed by atoms with Crippen LogP contribution in [0.4, 0.5) is 0 Å². The fourth-order valence-corrected chi connectivity index (χ4v) is 1.25. The molecule has 0 saturated heterocycles. The molecule has 1 N–H and O–H groups in total. The van der Waals surface area contributed by atoms with Gasteiger partial charge in [0.15, 0.2) is 6.10 Å². The third-order valence-corrected chi connectivity index (χ3v) is 2.03. The molecule has 0 aromatic heterocycles. The van der Waals surface area contributed by atoms with Gasteiger partial charge in [0.1, 0.15) is 0 Å². The van der Waals surface area contributed by atoms with Gasteiger partial charge in [-0.1, -0.05) is 33.6 Å². The lowest BCUT2D eigenvalue weighted by Gasteiger charge is -2.15. The van der Waals surface area contributed by atoms with Crippen LogP contribution in [-0.4, -0.2) is 23.8 Å². The van der Waals surface area contributed by atoms with E-state index in [0.717, 1.165) is 19.3 Å². The fourth-order valence-electron chi connectivity index (χ4n) is 1.25. The molecule has 0 amide bonds. The summed E-state index contributed by atoms with van der Waals surface area (Å²) in [7, 11) is 0. The second-order valence-electron chi connectivity index (χ2n) is 4.03. The molecule has 14 heavy (non-hydrogen) atoms.